The van der Waals surface area contributed by atoms with Gasteiger partial charge in [-0.2, -0.15) is 13.2 Å². The lowest BCUT2D eigenvalue weighted by Gasteiger charge is -2.38. The smallest absolute Gasteiger partial charge is 0.331 e. The molecule has 1 unspecified atom stereocenters. The molecule has 0 aromatic heterocycles. The number of carbonyl (C=O) groups excluding carboxylic acids is 1. The topological polar surface area (TPSA) is 66.8 Å². The van der Waals surface area contributed by atoms with Crippen LogP contribution >= 0.6 is 0 Å². The first-order valence-corrected chi connectivity index (χ1v) is 9.28. The molecule has 1 aliphatic carbocycles. The number of amides is 1. The Morgan fingerprint density at radius 3 is 2.48 bits per heavy atom. The molecule has 150 valence electrons. The lowest BCUT2D eigenvalue weighted by atomic mass is 9.88. The Bertz CT molecular complexity index is 808. The maximum atomic E-state index is 12.8. The van der Waals surface area contributed by atoms with Gasteiger partial charge in [0, 0.05) is 18.5 Å². The molecule has 0 radical (unpaired) electrons. The number of carbonyl (C=O) groups is 1. The van der Waals surface area contributed by atoms with E-state index < -0.39 is 45.8 Å². The van der Waals surface area contributed by atoms with Crippen LogP contribution in [0.1, 0.15) is 29.9 Å². The van der Waals surface area contributed by atoms with Gasteiger partial charge in [0.05, 0.1) is 0 Å². The summed E-state index contributed by atoms with van der Waals surface area (Å²) in [4.78, 5) is 12.4. The number of likely N-dealkylation sites (tertiary alicyclic amines) is 1. The van der Waals surface area contributed by atoms with Crippen LogP contribution < -0.4 is 4.18 Å². The van der Waals surface area contributed by atoms with Gasteiger partial charge in [-0.15, -0.1) is 17.7 Å². The molecule has 1 amide bonds. The highest BCUT2D eigenvalue weighted by atomic mass is 32.3. The van der Waals surface area contributed by atoms with E-state index in [0.29, 0.717) is 24.0 Å². The highest BCUT2D eigenvalue weighted by Gasteiger charge is 2.63. The maximum absolute atomic E-state index is 12.8. The summed E-state index contributed by atoms with van der Waals surface area (Å²) in [5.41, 5.74) is -4.50. The first-order valence-electron chi connectivity index (χ1n) is 7.84. The van der Waals surface area contributed by atoms with Crippen molar-refractivity contribution in [3.8, 4) is 5.75 Å². The van der Waals surface area contributed by atoms with Gasteiger partial charge in [-0.1, -0.05) is 6.07 Å². The molecule has 1 aliphatic heterocycles. The summed E-state index contributed by atoms with van der Waals surface area (Å²) in [7, 11) is -5.60. The standard InChI is InChI=1S/C15H13F6NO4S/c16-14(17,18)13(23)22-5-1-2-10-11-7-9(4-3-8(11)6-12(10)22)26-27(24,25)15(19,20)21/h3-4,7,10,12H,1-2,5-6H2/p+1/t10-,12+/m1/s1. The first-order chi connectivity index (χ1) is 12.3. The average molecular weight is 418 g/mol. The predicted octanol–water partition coefficient (Wildman–Crippen LogP) is 3.67. The van der Waals surface area contributed by atoms with Crippen molar-refractivity contribution in [1.82, 2.24) is 4.90 Å². The molecule has 0 saturated carbocycles. The van der Waals surface area contributed by atoms with Crippen LogP contribution in [0.2, 0.25) is 0 Å². The third-order valence-electron chi connectivity index (χ3n) is 4.73. The predicted molar refractivity (Wildman–Crippen MR) is 81.0 cm³/mol. The summed E-state index contributed by atoms with van der Waals surface area (Å²) < 4.78 is 100. The van der Waals surface area contributed by atoms with Gasteiger partial charge in [0.15, 0.2) is 5.75 Å². The molecule has 1 aromatic carbocycles. The van der Waals surface area contributed by atoms with Crippen LogP contribution in [0, 0.1) is 0 Å². The van der Waals surface area contributed by atoms with Crippen LogP contribution in [0.15, 0.2) is 18.2 Å². The lowest BCUT2D eigenvalue weighted by Crippen LogP contribution is -2.51. The summed E-state index contributed by atoms with van der Waals surface area (Å²) in [5, 5.41) is 0. The number of fused-ring (bicyclic) bond motifs is 3. The minimum atomic E-state index is -5.60. The molecule has 1 heterocycles. The minimum absolute atomic E-state index is 0.0601. The summed E-state index contributed by atoms with van der Waals surface area (Å²) in [6, 6.07) is 2.75. The lowest BCUT2D eigenvalue weighted by molar-refractivity contribution is -0.189. The largest absolute Gasteiger partial charge is 0.650 e. The van der Waals surface area contributed by atoms with E-state index in [4.69, 9.17) is 4.55 Å². The SMILES string of the molecule is O=C(N1CCC[C@@H]2c3cc(O[S+](=O)(O)C(F)(F)F)ccc3C[C@@H]21)C(F)(F)F. The fraction of sp³-hybridized carbons (Fsp3) is 0.533. The molecule has 3 atom stereocenters. The average Bonchev–Trinajstić information content (AvgIpc) is 2.90. The molecule has 0 spiro atoms. The molecule has 1 saturated heterocycles. The number of rotatable bonds is 2. The Morgan fingerprint density at radius 1 is 1.22 bits per heavy atom. The number of hydrogen-bond acceptors (Lipinski definition) is 3. The molecule has 3 rings (SSSR count). The number of hydrogen-bond donors (Lipinski definition) is 1. The first kappa shape index (κ1) is 19.9. The number of halogens is 6. The van der Waals surface area contributed by atoms with Crippen molar-refractivity contribution in [2.75, 3.05) is 6.54 Å². The molecule has 0 bridgehead atoms. The van der Waals surface area contributed by atoms with Gasteiger partial charge >= 0.3 is 28.1 Å². The fourth-order valence-corrected chi connectivity index (χ4v) is 4.11. The van der Waals surface area contributed by atoms with Gasteiger partial charge in [0.1, 0.15) is 0 Å². The van der Waals surface area contributed by atoms with E-state index in [1.54, 1.807) is 0 Å². The number of alkyl halides is 6. The van der Waals surface area contributed by atoms with Crippen molar-refractivity contribution in [1.29, 1.82) is 0 Å². The molecule has 1 N–H and O–H groups in total. The van der Waals surface area contributed by atoms with Crippen molar-refractivity contribution in [3.05, 3.63) is 29.3 Å². The van der Waals surface area contributed by atoms with Crippen LogP contribution in [-0.2, 0) is 25.9 Å². The monoisotopic (exact) mass is 418 g/mol. The zero-order valence-corrected chi connectivity index (χ0v) is 14.3. The van der Waals surface area contributed by atoms with Crippen LogP contribution in [0.3, 0.4) is 0 Å². The van der Waals surface area contributed by atoms with E-state index >= 15 is 0 Å². The van der Waals surface area contributed by atoms with Gasteiger partial charge in [-0.05, 0) is 46.7 Å². The van der Waals surface area contributed by atoms with Crippen LogP contribution in [0.5, 0.6) is 5.75 Å². The highest BCUT2D eigenvalue weighted by Crippen LogP contribution is 2.45. The quantitative estimate of drug-likeness (QED) is 0.588. The van der Waals surface area contributed by atoms with Crippen molar-refractivity contribution in [3.63, 3.8) is 0 Å². The Hall–Kier alpha value is -1.82. The number of piperidine rings is 1. The molecule has 1 fully saturated rings. The van der Waals surface area contributed by atoms with Gasteiger partial charge in [-0.3, -0.25) is 4.79 Å². The van der Waals surface area contributed by atoms with Gasteiger partial charge in [0.2, 0.25) is 0 Å². The van der Waals surface area contributed by atoms with Crippen molar-refractivity contribution in [2.45, 2.75) is 42.9 Å². The third-order valence-corrected chi connectivity index (χ3v) is 5.73. The van der Waals surface area contributed by atoms with Crippen molar-refractivity contribution in [2.24, 2.45) is 0 Å². The van der Waals surface area contributed by atoms with E-state index in [1.807, 2.05) is 0 Å². The second-order valence-electron chi connectivity index (χ2n) is 6.38. The van der Waals surface area contributed by atoms with Crippen LogP contribution in [-0.4, -0.2) is 39.6 Å². The molecule has 2 aliphatic rings. The molecule has 12 heteroatoms. The van der Waals surface area contributed by atoms with Gasteiger partial charge in [-0.25, -0.2) is 4.18 Å². The van der Waals surface area contributed by atoms with E-state index in [0.717, 1.165) is 17.0 Å². The Labute approximate surface area is 150 Å². The second-order valence-corrected chi connectivity index (χ2v) is 7.96. The Balaban J connectivity index is 1.87. The van der Waals surface area contributed by atoms with E-state index in [9.17, 15) is 35.3 Å². The zero-order valence-electron chi connectivity index (χ0n) is 13.5. The minimum Gasteiger partial charge on any atom is -0.331 e. The summed E-state index contributed by atoms with van der Waals surface area (Å²) >= 11 is 0. The van der Waals surface area contributed by atoms with E-state index in [1.165, 1.54) is 6.07 Å². The number of nitrogens with zero attached hydrogens (tertiary/aromatic N) is 1. The third kappa shape index (κ3) is 3.64. The molecular weight excluding hydrogens is 404 g/mol. The highest BCUT2D eigenvalue weighted by molar-refractivity contribution is 7.94. The van der Waals surface area contributed by atoms with Crippen LogP contribution in [0.4, 0.5) is 26.3 Å². The van der Waals surface area contributed by atoms with E-state index in [2.05, 4.69) is 4.18 Å². The van der Waals surface area contributed by atoms with Crippen LogP contribution in [0.25, 0.3) is 0 Å². The van der Waals surface area contributed by atoms with Gasteiger partial charge in [0.25, 0.3) is 0 Å². The Morgan fingerprint density at radius 2 is 1.89 bits per heavy atom. The second kappa shape index (κ2) is 6.36. The number of benzene rings is 1. The summed E-state index contributed by atoms with van der Waals surface area (Å²) in [5.74, 6) is -2.97. The maximum Gasteiger partial charge on any atom is 0.650 e. The summed E-state index contributed by atoms with van der Waals surface area (Å²) in [6.07, 6.45) is -4.15. The fourth-order valence-electron chi connectivity index (χ4n) is 3.65. The van der Waals surface area contributed by atoms with E-state index in [-0.39, 0.29) is 13.0 Å². The molecule has 5 nitrogen and oxygen atoms in total. The summed E-state index contributed by atoms with van der Waals surface area (Å²) in [6.45, 7) is -0.0601. The van der Waals surface area contributed by atoms with Crippen molar-refractivity contribution < 1.29 is 44.1 Å². The molecule has 1 aromatic rings. The molecular formula is C15H14F6NO4S+. The van der Waals surface area contributed by atoms with Crippen molar-refractivity contribution >= 4 is 16.4 Å². The normalized spacial score (nSPS) is 24.8. The zero-order chi connectivity index (χ0) is 20.2. The Kier molecular flexibility index (Phi) is 4.70. The van der Waals surface area contributed by atoms with Gasteiger partial charge < -0.3 is 4.90 Å². The molecule has 27 heavy (non-hydrogen) atoms.